The summed E-state index contributed by atoms with van der Waals surface area (Å²) in [6, 6.07) is 6.82. The maximum Gasteiger partial charge on any atom is 0.349 e. The molecule has 0 bridgehead atoms. The Kier molecular flexibility index (Phi) is 3.12. The van der Waals surface area contributed by atoms with Gasteiger partial charge in [0.2, 0.25) is 0 Å². The summed E-state index contributed by atoms with van der Waals surface area (Å²) in [7, 11) is 3.26. The van der Waals surface area contributed by atoms with Gasteiger partial charge in [-0.1, -0.05) is 5.21 Å². The van der Waals surface area contributed by atoms with Gasteiger partial charge in [-0.15, -0.1) is 15.3 Å². The molecule has 0 spiro atoms. The Morgan fingerprint density at radius 2 is 1.92 bits per heavy atom. The van der Waals surface area contributed by atoms with Gasteiger partial charge >= 0.3 is 5.63 Å². The summed E-state index contributed by atoms with van der Waals surface area (Å²) in [6.45, 7) is 0. The fourth-order valence-electron chi connectivity index (χ4n) is 2.25. The van der Waals surface area contributed by atoms with Gasteiger partial charge in [-0.25, -0.2) is 4.79 Å². The van der Waals surface area contributed by atoms with Gasteiger partial charge in [-0.3, -0.25) is 4.68 Å². The van der Waals surface area contributed by atoms with Gasteiger partial charge in [0.15, 0.2) is 5.69 Å². The second-order valence-electron chi connectivity index (χ2n) is 5.04. The quantitative estimate of drug-likeness (QED) is 0.523. The van der Waals surface area contributed by atoms with Crippen LogP contribution in [0.3, 0.4) is 0 Å². The zero-order valence-electron chi connectivity index (χ0n) is 12.8. The van der Waals surface area contributed by atoms with Crippen molar-refractivity contribution in [3.63, 3.8) is 0 Å². The van der Waals surface area contributed by atoms with E-state index in [1.54, 1.807) is 44.6 Å². The molecule has 9 heteroatoms. The van der Waals surface area contributed by atoms with Gasteiger partial charge in [0.05, 0.1) is 13.3 Å². The van der Waals surface area contributed by atoms with Crippen molar-refractivity contribution in [2.75, 3.05) is 7.11 Å². The van der Waals surface area contributed by atoms with Crippen molar-refractivity contribution in [2.24, 2.45) is 7.05 Å². The zero-order valence-corrected chi connectivity index (χ0v) is 12.8. The van der Waals surface area contributed by atoms with E-state index in [4.69, 9.17) is 13.6 Å². The van der Waals surface area contributed by atoms with Crippen molar-refractivity contribution in [1.82, 2.24) is 25.2 Å². The van der Waals surface area contributed by atoms with Crippen LogP contribution in [0.1, 0.15) is 0 Å². The third kappa shape index (κ3) is 2.32. The zero-order chi connectivity index (χ0) is 16.7. The van der Waals surface area contributed by atoms with E-state index in [1.807, 2.05) is 0 Å². The predicted octanol–water partition coefficient (Wildman–Crippen LogP) is 1.65. The van der Waals surface area contributed by atoms with Gasteiger partial charge in [0.25, 0.3) is 11.8 Å². The highest BCUT2D eigenvalue weighted by Crippen LogP contribution is 2.25. The molecule has 0 aliphatic carbocycles. The summed E-state index contributed by atoms with van der Waals surface area (Å²) in [5.41, 5.74) is 0.434. The monoisotopic (exact) mass is 325 g/mol. The normalized spacial score (nSPS) is 11.1. The third-order valence-electron chi connectivity index (χ3n) is 3.42. The summed E-state index contributed by atoms with van der Waals surface area (Å²) in [5.74, 6) is 0.829. The number of fused-ring (bicyclic) bond motifs is 1. The molecular weight excluding hydrogens is 314 g/mol. The number of benzene rings is 1. The lowest BCUT2D eigenvalue weighted by Crippen LogP contribution is -2.03. The van der Waals surface area contributed by atoms with Crippen LogP contribution in [0, 0.1) is 0 Å². The standard InChI is InChI=1S/C15H11N5O4/c1-20-7-11(16-19-20)14-18-17-13(24-14)10-5-8-3-4-9(22-2)6-12(8)23-15(10)21/h3-7H,1-2H3. The molecule has 0 aliphatic heterocycles. The Morgan fingerprint density at radius 1 is 1.08 bits per heavy atom. The maximum atomic E-state index is 12.2. The summed E-state index contributed by atoms with van der Waals surface area (Å²) in [6.07, 6.45) is 1.63. The van der Waals surface area contributed by atoms with Crippen molar-refractivity contribution in [2.45, 2.75) is 0 Å². The fourth-order valence-corrected chi connectivity index (χ4v) is 2.25. The minimum Gasteiger partial charge on any atom is -0.497 e. The number of hydrogen-bond donors (Lipinski definition) is 0. The number of aryl methyl sites for hydroxylation is 1. The summed E-state index contributed by atoms with van der Waals surface area (Å²) in [5, 5.41) is 16.2. The highest BCUT2D eigenvalue weighted by molar-refractivity contribution is 5.81. The number of hydrogen-bond acceptors (Lipinski definition) is 8. The van der Waals surface area contributed by atoms with Crippen molar-refractivity contribution < 1.29 is 13.6 Å². The molecule has 0 aliphatic rings. The lowest BCUT2D eigenvalue weighted by molar-refractivity contribution is 0.414. The average molecular weight is 325 g/mol. The van der Waals surface area contributed by atoms with Crippen LogP contribution in [0.2, 0.25) is 0 Å². The molecule has 4 aromatic rings. The van der Waals surface area contributed by atoms with E-state index in [1.165, 1.54) is 4.68 Å². The average Bonchev–Trinajstić information content (AvgIpc) is 3.22. The van der Waals surface area contributed by atoms with Gasteiger partial charge in [-0.2, -0.15) is 0 Å². The topological polar surface area (TPSA) is 109 Å². The minimum absolute atomic E-state index is 0.0575. The van der Waals surface area contributed by atoms with E-state index in [2.05, 4.69) is 20.5 Å². The van der Waals surface area contributed by atoms with Crippen LogP contribution in [0.15, 0.2) is 44.1 Å². The lowest BCUT2D eigenvalue weighted by Gasteiger charge is -2.02. The second kappa shape index (κ2) is 5.30. The highest BCUT2D eigenvalue weighted by atomic mass is 16.5. The fraction of sp³-hybridized carbons (Fsp3) is 0.133. The number of ether oxygens (including phenoxy) is 1. The van der Waals surface area contributed by atoms with Crippen molar-refractivity contribution >= 4 is 11.0 Å². The molecule has 9 nitrogen and oxygen atoms in total. The van der Waals surface area contributed by atoms with E-state index in [-0.39, 0.29) is 17.3 Å². The van der Waals surface area contributed by atoms with E-state index >= 15 is 0 Å². The maximum absolute atomic E-state index is 12.2. The van der Waals surface area contributed by atoms with E-state index in [0.717, 1.165) is 0 Å². The smallest absolute Gasteiger partial charge is 0.349 e. The lowest BCUT2D eigenvalue weighted by atomic mass is 10.2. The Bertz CT molecular complexity index is 1090. The molecule has 0 amide bonds. The first-order chi connectivity index (χ1) is 11.6. The molecule has 1 aromatic carbocycles. The first-order valence-electron chi connectivity index (χ1n) is 6.96. The molecular formula is C15H11N5O4. The number of methoxy groups -OCH3 is 1. The third-order valence-corrected chi connectivity index (χ3v) is 3.42. The SMILES string of the molecule is COc1ccc2cc(-c3nnc(-c4cn(C)nn4)o3)c(=O)oc2c1. The van der Waals surface area contributed by atoms with Crippen LogP contribution >= 0.6 is 0 Å². The first kappa shape index (κ1) is 14.1. The largest absolute Gasteiger partial charge is 0.497 e. The van der Waals surface area contributed by atoms with Crippen molar-refractivity contribution in [1.29, 1.82) is 0 Å². The predicted molar refractivity (Wildman–Crippen MR) is 82.3 cm³/mol. The van der Waals surface area contributed by atoms with E-state index in [9.17, 15) is 4.79 Å². The van der Waals surface area contributed by atoms with E-state index in [0.29, 0.717) is 22.4 Å². The van der Waals surface area contributed by atoms with Crippen LogP contribution in [0.25, 0.3) is 34.0 Å². The van der Waals surface area contributed by atoms with Crippen molar-refractivity contribution in [3.8, 4) is 28.8 Å². The van der Waals surface area contributed by atoms with Gasteiger partial charge in [0.1, 0.15) is 16.9 Å². The second-order valence-corrected chi connectivity index (χ2v) is 5.04. The highest BCUT2D eigenvalue weighted by Gasteiger charge is 2.17. The number of aromatic nitrogens is 5. The molecule has 0 fully saturated rings. The molecule has 4 rings (SSSR count). The molecule has 0 N–H and O–H groups in total. The molecule has 3 heterocycles. The van der Waals surface area contributed by atoms with Crippen LogP contribution in [0.4, 0.5) is 0 Å². The van der Waals surface area contributed by atoms with Crippen LogP contribution in [-0.2, 0) is 7.05 Å². The van der Waals surface area contributed by atoms with Gasteiger partial charge in [0, 0.05) is 18.5 Å². The van der Waals surface area contributed by atoms with Crippen molar-refractivity contribution in [3.05, 3.63) is 40.9 Å². The van der Waals surface area contributed by atoms with Crippen LogP contribution in [-0.4, -0.2) is 32.3 Å². The van der Waals surface area contributed by atoms with Crippen LogP contribution in [0.5, 0.6) is 5.75 Å². The Hall–Kier alpha value is -3.49. The molecule has 0 unspecified atom stereocenters. The Labute approximate surface area is 134 Å². The Balaban J connectivity index is 1.80. The molecule has 0 saturated carbocycles. The molecule has 0 saturated heterocycles. The molecule has 0 atom stereocenters. The first-order valence-corrected chi connectivity index (χ1v) is 6.96. The number of nitrogens with zero attached hydrogens (tertiary/aromatic N) is 5. The Morgan fingerprint density at radius 3 is 2.67 bits per heavy atom. The van der Waals surface area contributed by atoms with Crippen LogP contribution < -0.4 is 10.4 Å². The molecule has 24 heavy (non-hydrogen) atoms. The molecule has 0 radical (unpaired) electrons. The van der Waals surface area contributed by atoms with Gasteiger partial charge < -0.3 is 13.6 Å². The van der Waals surface area contributed by atoms with E-state index < -0.39 is 5.63 Å². The number of rotatable bonds is 3. The minimum atomic E-state index is -0.579. The summed E-state index contributed by atoms with van der Waals surface area (Å²) < 4.78 is 17.5. The summed E-state index contributed by atoms with van der Waals surface area (Å²) >= 11 is 0. The molecule has 3 aromatic heterocycles. The van der Waals surface area contributed by atoms with Gasteiger partial charge in [-0.05, 0) is 18.2 Å². The summed E-state index contributed by atoms with van der Waals surface area (Å²) in [4.78, 5) is 12.2. The molecule has 120 valence electrons.